The number of nitrogens with zero attached hydrogens (tertiary/aromatic N) is 1. The van der Waals surface area contributed by atoms with Crippen LogP contribution in [0.15, 0.2) is 17.0 Å². The fourth-order valence-electron chi connectivity index (χ4n) is 2.04. The molecule has 0 bridgehead atoms. The van der Waals surface area contributed by atoms with Gasteiger partial charge in [0.1, 0.15) is 5.82 Å². The summed E-state index contributed by atoms with van der Waals surface area (Å²) < 4.78 is 41.5. The van der Waals surface area contributed by atoms with E-state index < -0.39 is 30.7 Å². The van der Waals surface area contributed by atoms with Gasteiger partial charge in [-0.15, -0.1) is 0 Å². The van der Waals surface area contributed by atoms with Crippen LogP contribution in [0.25, 0.3) is 0 Å². The van der Waals surface area contributed by atoms with Crippen LogP contribution in [0.4, 0.5) is 4.39 Å². The van der Waals surface area contributed by atoms with Gasteiger partial charge in [0.15, 0.2) is 0 Å². The first-order chi connectivity index (χ1) is 9.71. The molecule has 1 amide bonds. The van der Waals surface area contributed by atoms with Gasteiger partial charge in [0.25, 0.3) is 15.0 Å². The zero-order valence-electron chi connectivity index (χ0n) is 11.0. The van der Waals surface area contributed by atoms with Crippen molar-refractivity contribution in [3.8, 4) is 0 Å². The van der Waals surface area contributed by atoms with E-state index in [1.54, 1.807) is 0 Å². The molecule has 1 fully saturated rings. The van der Waals surface area contributed by atoms with Crippen molar-refractivity contribution in [3.63, 3.8) is 0 Å². The van der Waals surface area contributed by atoms with Crippen molar-refractivity contribution < 1.29 is 22.3 Å². The highest BCUT2D eigenvalue weighted by molar-refractivity contribution is 8.13. The lowest BCUT2D eigenvalue weighted by Gasteiger charge is -2.23. The third kappa shape index (κ3) is 3.48. The second-order valence-electron chi connectivity index (χ2n) is 4.64. The normalized spacial score (nSPS) is 18.8. The summed E-state index contributed by atoms with van der Waals surface area (Å²) >= 11 is 5.77. The molecule has 0 saturated carbocycles. The zero-order chi connectivity index (χ0) is 15.8. The third-order valence-corrected chi connectivity index (χ3v) is 5.00. The standard InChI is InChI=1S/C12H12Cl2FNO4S/c1-16(7-2-3-20-6-7)12(17)9-4-8(21(14,18)19)5-10(15)11(9)13/h4-5,7H,2-3,6H2,1H3. The number of carbonyl (C=O) groups excluding carboxylic acids is 1. The number of hydrogen-bond acceptors (Lipinski definition) is 4. The maximum absolute atomic E-state index is 13.7. The van der Waals surface area contributed by atoms with E-state index in [1.165, 1.54) is 11.9 Å². The molecule has 0 spiro atoms. The van der Waals surface area contributed by atoms with E-state index in [9.17, 15) is 17.6 Å². The van der Waals surface area contributed by atoms with Gasteiger partial charge in [-0.2, -0.15) is 0 Å². The Labute approximate surface area is 131 Å². The summed E-state index contributed by atoms with van der Waals surface area (Å²) in [5.74, 6) is -1.60. The lowest BCUT2D eigenvalue weighted by atomic mass is 10.1. The van der Waals surface area contributed by atoms with Gasteiger partial charge >= 0.3 is 0 Å². The Kier molecular flexibility index (Phi) is 4.77. The molecule has 0 N–H and O–H groups in total. The first-order valence-corrected chi connectivity index (χ1v) is 8.69. The van der Waals surface area contributed by atoms with Crippen LogP contribution in [0.2, 0.25) is 5.02 Å². The van der Waals surface area contributed by atoms with Crippen LogP contribution < -0.4 is 0 Å². The van der Waals surface area contributed by atoms with E-state index in [2.05, 4.69) is 0 Å². The molecule has 0 aliphatic carbocycles. The molecule has 5 nitrogen and oxygen atoms in total. The highest BCUT2D eigenvalue weighted by Crippen LogP contribution is 2.28. The van der Waals surface area contributed by atoms with Crippen LogP contribution in [0.3, 0.4) is 0 Å². The van der Waals surface area contributed by atoms with Crippen molar-refractivity contribution in [2.75, 3.05) is 20.3 Å². The van der Waals surface area contributed by atoms with E-state index >= 15 is 0 Å². The van der Waals surface area contributed by atoms with Gasteiger partial charge in [-0.05, 0) is 18.6 Å². The molecule has 1 aliphatic heterocycles. The molecule has 1 unspecified atom stereocenters. The first kappa shape index (κ1) is 16.5. The van der Waals surface area contributed by atoms with Crippen molar-refractivity contribution in [1.29, 1.82) is 0 Å². The lowest BCUT2D eigenvalue weighted by Crippen LogP contribution is -2.37. The number of carbonyl (C=O) groups is 1. The van der Waals surface area contributed by atoms with Crippen LogP contribution >= 0.6 is 22.3 Å². The van der Waals surface area contributed by atoms with Gasteiger partial charge in [-0.3, -0.25) is 4.79 Å². The van der Waals surface area contributed by atoms with Gasteiger partial charge in [-0.25, -0.2) is 12.8 Å². The fourth-order valence-corrected chi connectivity index (χ4v) is 3.00. The maximum Gasteiger partial charge on any atom is 0.261 e. The number of halogens is 3. The monoisotopic (exact) mass is 355 g/mol. The van der Waals surface area contributed by atoms with E-state index in [-0.39, 0.29) is 11.6 Å². The number of hydrogen-bond donors (Lipinski definition) is 0. The molecular formula is C12H12Cl2FNO4S. The number of likely N-dealkylation sites (N-methyl/N-ethyl adjacent to an activating group) is 1. The van der Waals surface area contributed by atoms with Crippen molar-refractivity contribution >= 4 is 37.2 Å². The van der Waals surface area contributed by atoms with Gasteiger partial charge in [-0.1, -0.05) is 11.6 Å². The SMILES string of the molecule is CN(C(=O)c1cc(S(=O)(=O)Cl)cc(F)c1Cl)C1CCOC1. The van der Waals surface area contributed by atoms with Gasteiger partial charge < -0.3 is 9.64 Å². The molecule has 2 rings (SSSR count). The van der Waals surface area contributed by atoms with Gasteiger partial charge in [0.05, 0.1) is 28.1 Å². The third-order valence-electron chi connectivity index (χ3n) is 3.29. The summed E-state index contributed by atoms with van der Waals surface area (Å²) in [4.78, 5) is 13.2. The number of ether oxygens (including phenoxy) is 1. The van der Waals surface area contributed by atoms with Crippen molar-refractivity contribution in [1.82, 2.24) is 4.90 Å². The lowest BCUT2D eigenvalue weighted by molar-refractivity contribution is 0.0710. The van der Waals surface area contributed by atoms with Crippen molar-refractivity contribution in [3.05, 3.63) is 28.5 Å². The Morgan fingerprint density at radius 1 is 1.48 bits per heavy atom. The average molecular weight is 356 g/mol. The first-order valence-electron chi connectivity index (χ1n) is 6.00. The molecule has 9 heteroatoms. The summed E-state index contributed by atoms with van der Waals surface area (Å²) in [6, 6.07) is 1.50. The van der Waals surface area contributed by atoms with E-state index in [0.717, 1.165) is 6.07 Å². The Morgan fingerprint density at radius 3 is 2.67 bits per heavy atom. The van der Waals surface area contributed by atoms with E-state index in [0.29, 0.717) is 25.7 Å². The minimum absolute atomic E-state index is 0.159. The molecule has 0 radical (unpaired) electrons. The molecule has 1 heterocycles. The zero-order valence-corrected chi connectivity index (χ0v) is 13.3. The largest absolute Gasteiger partial charge is 0.379 e. The summed E-state index contributed by atoms with van der Waals surface area (Å²) in [6.07, 6.45) is 0.649. The van der Waals surface area contributed by atoms with Crippen LogP contribution in [0.5, 0.6) is 0 Å². The minimum atomic E-state index is -4.16. The van der Waals surface area contributed by atoms with Crippen LogP contribution in [-0.2, 0) is 13.8 Å². The molecule has 21 heavy (non-hydrogen) atoms. The number of rotatable bonds is 3. The summed E-state index contributed by atoms with van der Waals surface area (Å²) in [6.45, 7) is 0.899. The second-order valence-corrected chi connectivity index (χ2v) is 7.58. The Bertz CT molecular complexity index is 674. The summed E-state index contributed by atoms with van der Waals surface area (Å²) in [5, 5.41) is -0.435. The predicted molar refractivity (Wildman–Crippen MR) is 75.8 cm³/mol. The smallest absolute Gasteiger partial charge is 0.261 e. The van der Waals surface area contributed by atoms with Crippen molar-refractivity contribution in [2.24, 2.45) is 0 Å². The number of benzene rings is 1. The molecule has 1 aliphatic rings. The molecule has 1 atom stereocenters. The minimum Gasteiger partial charge on any atom is -0.379 e. The van der Waals surface area contributed by atoms with Crippen LogP contribution in [0.1, 0.15) is 16.8 Å². The molecule has 1 aromatic carbocycles. The fraction of sp³-hybridized carbons (Fsp3) is 0.417. The predicted octanol–water partition coefficient (Wildman–Crippen LogP) is 2.27. The van der Waals surface area contributed by atoms with E-state index in [1.807, 2.05) is 0 Å². The molecular weight excluding hydrogens is 344 g/mol. The topological polar surface area (TPSA) is 63.7 Å². The van der Waals surface area contributed by atoms with Crippen LogP contribution in [0, 0.1) is 5.82 Å². The highest BCUT2D eigenvalue weighted by Gasteiger charge is 2.28. The number of amides is 1. The van der Waals surface area contributed by atoms with Gasteiger partial charge in [0, 0.05) is 24.3 Å². The molecule has 0 aromatic heterocycles. The average Bonchev–Trinajstić information content (AvgIpc) is 2.92. The van der Waals surface area contributed by atoms with Crippen LogP contribution in [-0.4, -0.2) is 45.5 Å². The maximum atomic E-state index is 13.7. The second kappa shape index (κ2) is 6.08. The summed E-state index contributed by atoms with van der Waals surface area (Å²) in [7, 11) is 2.54. The highest BCUT2D eigenvalue weighted by atomic mass is 35.7. The molecule has 116 valence electrons. The molecule has 1 aromatic rings. The van der Waals surface area contributed by atoms with Crippen molar-refractivity contribution in [2.45, 2.75) is 17.4 Å². The Balaban J connectivity index is 2.42. The van der Waals surface area contributed by atoms with E-state index in [4.69, 9.17) is 27.0 Å². The molecule has 1 saturated heterocycles. The Hall–Kier alpha value is -0.890. The Morgan fingerprint density at radius 2 is 2.14 bits per heavy atom. The van der Waals surface area contributed by atoms with Gasteiger partial charge in [0.2, 0.25) is 0 Å². The summed E-state index contributed by atoms with van der Waals surface area (Å²) in [5.41, 5.74) is -0.245. The quantitative estimate of drug-likeness (QED) is 0.780.